The van der Waals surface area contributed by atoms with Gasteiger partial charge in [0, 0.05) is 0 Å². The minimum atomic E-state index is -0.270. The van der Waals surface area contributed by atoms with E-state index in [-0.39, 0.29) is 5.91 Å². The average Bonchev–Trinajstić information content (AvgIpc) is 2.68. The van der Waals surface area contributed by atoms with Gasteiger partial charge < -0.3 is 9.73 Å². The van der Waals surface area contributed by atoms with Crippen LogP contribution < -0.4 is 5.32 Å². The molecule has 1 heterocycles. The first kappa shape index (κ1) is 11.2. The SMILES string of the molecule is O=C(Nc1ccccc1Cl)c1ccoc1Br. The molecule has 0 aliphatic rings. The molecule has 0 bridgehead atoms. The summed E-state index contributed by atoms with van der Waals surface area (Å²) in [5.41, 5.74) is 1.00. The molecular weight excluding hydrogens is 293 g/mol. The number of halogens is 2. The van der Waals surface area contributed by atoms with Gasteiger partial charge in [0.25, 0.3) is 5.91 Å². The van der Waals surface area contributed by atoms with Crippen LogP contribution >= 0.6 is 27.5 Å². The van der Waals surface area contributed by atoms with Gasteiger partial charge >= 0.3 is 0 Å². The second-order valence-electron chi connectivity index (χ2n) is 3.04. The summed E-state index contributed by atoms with van der Waals surface area (Å²) in [6.45, 7) is 0. The van der Waals surface area contributed by atoms with Gasteiger partial charge in [-0.1, -0.05) is 23.7 Å². The summed E-state index contributed by atoms with van der Waals surface area (Å²) in [4.78, 5) is 11.8. The molecule has 1 aromatic carbocycles. The minimum absolute atomic E-state index is 0.270. The molecule has 2 rings (SSSR count). The first-order chi connectivity index (χ1) is 7.68. The van der Waals surface area contributed by atoms with Crippen molar-refractivity contribution in [3.63, 3.8) is 0 Å². The van der Waals surface area contributed by atoms with Crippen LogP contribution in [0.15, 0.2) is 45.7 Å². The second kappa shape index (κ2) is 4.72. The highest BCUT2D eigenvalue weighted by Gasteiger charge is 2.13. The quantitative estimate of drug-likeness (QED) is 0.912. The third-order valence-electron chi connectivity index (χ3n) is 1.98. The number of amides is 1. The first-order valence-corrected chi connectivity index (χ1v) is 5.64. The van der Waals surface area contributed by atoms with Crippen LogP contribution in [-0.2, 0) is 0 Å². The maximum Gasteiger partial charge on any atom is 0.260 e. The molecule has 82 valence electrons. The van der Waals surface area contributed by atoms with E-state index in [2.05, 4.69) is 21.2 Å². The van der Waals surface area contributed by atoms with Crippen molar-refractivity contribution in [2.45, 2.75) is 0 Å². The smallest absolute Gasteiger partial charge is 0.260 e. The molecule has 0 saturated carbocycles. The molecule has 16 heavy (non-hydrogen) atoms. The zero-order valence-corrected chi connectivity index (χ0v) is 10.4. The van der Waals surface area contributed by atoms with Gasteiger partial charge in [-0.25, -0.2) is 0 Å². The lowest BCUT2D eigenvalue weighted by Gasteiger charge is -2.05. The second-order valence-corrected chi connectivity index (χ2v) is 4.17. The minimum Gasteiger partial charge on any atom is -0.457 e. The lowest BCUT2D eigenvalue weighted by Crippen LogP contribution is -2.11. The normalized spacial score (nSPS) is 10.1. The van der Waals surface area contributed by atoms with Crippen molar-refractivity contribution in [1.82, 2.24) is 0 Å². The first-order valence-electron chi connectivity index (χ1n) is 4.47. The van der Waals surface area contributed by atoms with Gasteiger partial charge in [-0.15, -0.1) is 0 Å². The predicted molar refractivity (Wildman–Crippen MR) is 65.8 cm³/mol. The molecule has 0 radical (unpaired) electrons. The van der Waals surface area contributed by atoms with E-state index >= 15 is 0 Å². The van der Waals surface area contributed by atoms with Gasteiger partial charge in [-0.2, -0.15) is 0 Å². The molecule has 1 N–H and O–H groups in total. The van der Waals surface area contributed by atoms with Crippen LogP contribution in [0.5, 0.6) is 0 Å². The van der Waals surface area contributed by atoms with Crippen LogP contribution in [0, 0.1) is 0 Å². The van der Waals surface area contributed by atoms with Crippen molar-refractivity contribution in [3.8, 4) is 0 Å². The molecule has 0 aliphatic carbocycles. The van der Waals surface area contributed by atoms with E-state index in [1.807, 2.05) is 0 Å². The Balaban J connectivity index is 2.21. The van der Waals surface area contributed by atoms with Crippen molar-refractivity contribution in [1.29, 1.82) is 0 Å². The number of hydrogen-bond acceptors (Lipinski definition) is 2. The monoisotopic (exact) mass is 299 g/mol. The highest BCUT2D eigenvalue weighted by Crippen LogP contribution is 2.23. The Kier molecular flexibility index (Phi) is 3.31. The molecule has 0 fully saturated rings. The third kappa shape index (κ3) is 2.28. The highest BCUT2D eigenvalue weighted by molar-refractivity contribution is 9.10. The van der Waals surface area contributed by atoms with Crippen molar-refractivity contribution in [2.75, 3.05) is 5.32 Å². The van der Waals surface area contributed by atoms with Gasteiger partial charge in [-0.05, 0) is 34.1 Å². The molecular formula is C11H7BrClNO2. The Morgan fingerprint density at radius 1 is 1.31 bits per heavy atom. The number of nitrogens with one attached hydrogen (secondary N) is 1. The lowest BCUT2D eigenvalue weighted by molar-refractivity contribution is 0.102. The number of para-hydroxylation sites is 1. The predicted octanol–water partition coefficient (Wildman–Crippen LogP) is 3.95. The summed E-state index contributed by atoms with van der Waals surface area (Å²) in [6, 6.07) is 8.61. The molecule has 0 atom stereocenters. The third-order valence-corrected chi connectivity index (χ3v) is 2.93. The van der Waals surface area contributed by atoms with Crippen LogP contribution in [0.4, 0.5) is 5.69 Å². The molecule has 5 heteroatoms. The summed E-state index contributed by atoms with van der Waals surface area (Å²) in [5, 5.41) is 3.19. The Morgan fingerprint density at radius 3 is 2.69 bits per heavy atom. The standard InChI is InChI=1S/C11H7BrClNO2/c12-10-7(5-6-16-10)11(15)14-9-4-2-1-3-8(9)13/h1-6H,(H,14,15). The fourth-order valence-corrected chi connectivity index (χ4v) is 1.81. The number of rotatable bonds is 2. The Hall–Kier alpha value is -1.26. The van der Waals surface area contributed by atoms with Gasteiger partial charge in [-0.3, -0.25) is 4.79 Å². The van der Waals surface area contributed by atoms with E-state index in [0.717, 1.165) is 0 Å². The molecule has 1 amide bonds. The maximum absolute atomic E-state index is 11.8. The fourth-order valence-electron chi connectivity index (χ4n) is 1.21. The van der Waals surface area contributed by atoms with Crippen LogP contribution in [0.1, 0.15) is 10.4 Å². The number of anilines is 1. The van der Waals surface area contributed by atoms with Crippen LogP contribution in [0.3, 0.4) is 0 Å². The van der Waals surface area contributed by atoms with Gasteiger partial charge in [0.2, 0.25) is 0 Å². The Bertz CT molecular complexity index is 524. The van der Waals surface area contributed by atoms with E-state index in [1.54, 1.807) is 30.3 Å². The van der Waals surface area contributed by atoms with Crippen LogP contribution in [-0.4, -0.2) is 5.91 Å². The Morgan fingerprint density at radius 2 is 2.06 bits per heavy atom. The molecule has 2 aromatic rings. The zero-order chi connectivity index (χ0) is 11.5. The van der Waals surface area contributed by atoms with E-state index < -0.39 is 0 Å². The molecule has 0 aliphatic heterocycles. The lowest BCUT2D eigenvalue weighted by atomic mass is 10.3. The number of carbonyl (C=O) groups excluding carboxylic acids is 1. The molecule has 0 spiro atoms. The van der Waals surface area contributed by atoms with E-state index in [9.17, 15) is 4.79 Å². The fraction of sp³-hybridized carbons (Fsp3) is 0. The summed E-state index contributed by atoms with van der Waals surface area (Å²) < 4.78 is 5.38. The molecule has 0 saturated heterocycles. The van der Waals surface area contributed by atoms with Gasteiger partial charge in [0.15, 0.2) is 4.67 Å². The molecule has 1 aromatic heterocycles. The maximum atomic E-state index is 11.8. The number of furan rings is 1. The number of benzene rings is 1. The summed E-state index contributed by atoms with van der Waals surface area (Å²) in [5.74, 6) is -0.270. The van der Waals surface area contributed by atoms with Gasteiger partial charge in [0.1, 0.15) is 0 Å². The summed E-state index contributed by atoms with van der Waals surface area (Å²) in [7, 11) is 0. The van der Waals surface area contributed by atoms with Crippen molar-refractivity contribution in [3.05, 3.63) is 51.9 Å². The topological polar surface area (TPSA) is 42.2 Å². The zero-order valence-electron chi connectivity index (χ0n) is 8.04. The summed E-state index contributed by atoms with van der Waals surface area (Å²) in [6.07, 6.45) is 1.44. The molecule has 3 nitrogen and oxygen atoms in total. The van der Waals surface area contributed by atoms with Gasteiger partial charge in [0.05, 0.1) is 22.5 Å². The van der Waals surface area contributed by atoms with E-state index in [1.165, 1.54) is 6.26 Å². The van der Waals surface area contributed by atoms with Crippen LogP contribution in [0.2, 0.25) is 5.02 Å². The number of hydrogen-bond donors (Lipinski definition) is 1. The Labute approximate surface area is 106 Å². The molecule has 0 unspecified atom stereocenters. The highest BCUT2D eigenvalue weighted by atomic mass is 79.9. The van der Waals surface area contributed by atoms with E-state index in [0.29, 0.717) is 20.9 Å². The van der Waals surface area contributed by atoms with Crippen molar-refractivity contribution in [2.24, 2.45) is 0 Å². The number of carbonyl (C=O) groups is 1. The van der Waals surface area contributed by atoms with Crippen molar-refractivity contribution >= 4 is 39.1 Å². The largest absolute Gasteiger partial charge is 0.457 e. The van der Waals surface area contributed by atoms with Crippen LogP contribution in [0.25, 0.3) is 0 Å². The van der Waals surface area contributed by atoms with Crippen molar-refractivity contribution < 1.29 is 9.21 Å². The summed E-state index contributed by atoms with van der Waals surface area (Å²) >= 11 is 9.06. The average molecular weight is 301 g/mol. The van der Waals surface area contributed by atoms with E-state index in [4.69, 9.17) is 16.0 Å².